The van der Waals surface area contributed by atoms with E-state index in [-0.39, 0.29) is 30.3 Å². The average Bonchev–Trinajstić information content (AvgIpc) is 3.00. The molecule has 0 radical (unpaired) electrons. The van der Waals surface area contributed by atoms with Gasteiger partial charge in [-0.1, -0.05) is 13.8 Å². The van der Waals surface area contributed by atoms with Gasteiger partial charge in [0, 0.05) is 13.1 Å². The quantitative estimate of drug-likeness (QED) is 0.771. The Bertz CT molecular complexity index is 367. The van der Waals surface area contributed by atoms with Crippen molar-refractivity contribution in [3.63, 3.8) is 0 Å². The highest BCUT2D eigenvalue weighted by atomic mass is 35.5. The Hall–Kier alpha value is -0.850. The zero-order chi connectivity index (χ0) is 15.2. The molecule has 2 amide bonds. The molecule has 22 heavy (non-hydrogen) atoms. The lowest BCUT2D eigenvalue weighted by Crippen LogP contribution is -2.54. The Morgan fingerprint density at radius 2 is 2.00 bits per heavy atom. The SMILES string of the molecule is CC(C)C[C@H](NC(=O)[C@@H]1CCCN1)C(=O)N1CCOCC1.Cl. The van der Waals surface area contributed by atoms with Gasteiger partial charge in [0.1, 0.15) is 6.04 Å². The molecule has 0 saturated carbocycles. The summed E-state index contributed by atoms with van der Waals surface area (Å²) in [6.07, 6.45) is 2.55. The van der Waals surface area contributed by atoms with Gasteiger partial charge in [-0.15, -0.1) is 12.4 Å². The number of ether oxygens (including phenoxy) is 1. The largest absolute Gasteiger partial charge is 0.378 e. The van der Waals surface area contributed by atoms with E-state index in [0.717, 1.165) is 19.4 Å². The Morgan fingerprint density at radius 3 is 2.55 bits per heavy atom. The third-order valence-electron chi connectivity index (χ3n) is 4.02. The Labute approximate surface area is 138 Å². The highest BCUT2D eigenvalue weighted by Gasteiger charge is 2.30. The average molecular weight is 334 g/mol. The molecule has 0 spiro atoms. The van der Waals surface area contributed by atoms with Crippen LogP contribution in [0.3, 0.4) is 0 Å². The van der Waals surface area contributed by atoms with Crippen molar-refractivity contribution < 1.29 is 14.3 Å². The van der Waals surface area contributed by atoms with Crippen LogP contribution in [0.1, 0.15) is 33.1 Å². The van der Waals surface area contributed by atoms with E-state index in [9.17, 15) is 9.59 Å². The van der Waals surface area contributed by atoms with Gasteiger partial charge in [-0.25, -0.2) is 0 Å². The minimum absolute atomic E-state index is 0. The van der Waals surface area contributed by atoms with Crippen LogP contribution in [0.5, 0.6) is 0 Å². The normalized spacial score (nSPS) is 23.0. The number of halogens is 1. The lowest BCUT2D eigenvalue weighted by Gasteiger charge is -2.31. The first-order valence-electron chi connectivity index (χ1n) is 7.98. The fourth-order valence-corrected chi connectivity index (χ4v) is 2.88. The molecule has 2 rings (SSSR count). The maximum absolute atomic E-state index is 12.6. The third-order valence-corrected chi connectivity index (χ3v) is 4.02. The van der Waals surface area contributed by atoms with Crippen molar-refractivity contribution in [3.8, 4) is 0 Å². The molecule has 0 aromatic heterocycles. The van der Waals surface area contributed by atoms with Crippen molar-refractivity contribution in [1.29, 1.82) is 0 Å². The maximum atomic E-state index is 12.6. The van der Waals surface area contributed by atoms with Gasteiger partial charge in [0.15, 0.2) is 0 Å². The van der Waals surface area contributed by atoms with Gasteiger partial charge in [-0.05, 0) is 31.7 Å². The summed E-state index contributed by atoms with van der Waals surface area (Å²) in [5.74, 6) is 0.343. The Morgan fingerprint density at radius 1 is 1.32 bits per heavy atom. The Kier molecular flexibility index (Phi) is 8.14. The third kappa shape index (κ3) is 5.41. The van der Waals surface area contributed by atoms with Crippen LogP contribution in [0.15, 0.2) is 0 Å². The van der Waals surface area contributed by atoms with Crippen molar-refractivity contribution >= 4 is 24.2 Å². The summed E-state index contributed by atoms with van der Waals surface area (Å²) in [5, 5.41) is 6.13. The first-order chi connectivity index (χ1) is 10.1. The number of amides is 2. The van der Waals surface area contributed by atoms with E-state index in [0.29, 0.717) is 38.6 Å². The number of nitrogens with zero attached hydrogens (tertiary/aromatic N) is 1. The summed E-state index contributed by atoms with van der Waals surface area (Å²) < 4.78 is 5.28. The molecule has 7 heteroatoms. The number of hydrogen-bond donors (Lipinski definition) is 2. The van der Waals surface area contributed by atoms with Gasteiger partial charge >= 0.3 is 0 Å². The summed E-state index contributed by atoms with van der Waals surface area (Å²) in [5.41, 5.74) is 0. The molecule has 2 N–H and O–H groups in total. The summed E-state index contributed by atoms with van der Waals surface area (Å²) in [7, 11) is 0. The van der Waals surface area contributed by atoms with Gasteiger partial charge in [0.2, 0.25) is 11.8 Å². The highest BCUT2D eigenvalue weighted by Crippen LogP contribution is 2.11. The van der Waals surface area contributed by atoms with Gasteiger partial charge in [0.05, 0.1) is 19.3 Å². The fraction of sp³-hybridized carbons (Fsp3) is 0.867. The number of hydrogen-bond acceptors (Lipinski definition) is 4. The predicted molar refractivity (Wildman–Crippen MR) is 87.1 cm³/mol. The van der Waals surface area contributed by atoms with Crippen LogP contribution in [0.2, 0.25) is 0 Å². The van der Waals surface area contributed by atoms with Crippen LogP contribution in [-0.2, 0) is 14.3 Å². The molecule has 2 heterocycles. The molecule has 0 unspecified atom stereocenters. The van der Waals surface area contributed by atoms with E-state index >= 15 is 0 Å². The molecule has 2 fully saturated rings. The molecule has 128 valence electrons. The van der Waals surface area contributed by atoms with Crippen LogP contribution in [0, 0.1) is 5.92 Å². The van der Waals surface area contributed by atoms with E-state index in [2.05, 4.69) is 24.5 Å². The smallest absolute Gasteiger partial charge is 0.245 e. The first-order valence-corrected chi connectivity index (χ1v) is 7.98. The van der Waals surface area contributed by atoms with Gasteiger partial charge in [-0.2, -0.15) is 0 Å². The van der Waals surface area contributed by atoms with E-state index < -0.39 is 6.04 Å². The second-order valence-electron chi connectivity index (χ2n) is 6.28. The zero-order valence-corrected chi connectivity index (χ0v) is 14.3. The molecule has 0 bridgehead atoms. The molecule has 0 aliphatic carbocycles. The number of rotatable bonds is 5. The lowest BCUT2D eigenvalue weighted by molar-refractivity contribution is -0.140. The molecule has 2 saturated heterocycles. The van der Waals surface area contributed by atoms with Gasteiger partial charge in [-0.3, -0.25) is 9.59 Å². The second kappa shape index (κ2) is 9.33. The van der Waals surface area contributed by atoms with Crippen molar-refractivity contribution in [2.24, 2.45) is 5.92 Å². The van der Waals surface area contributed by atoms with E-state index in [4.69, 9.17) is 4.74 Å². The Balaban J connectivity index is 0.00000242. The monoisotopic (exact) mass is 333 g/mol. The molecule has 0 aromatic carbocycles. The van der Waals surface area contributed by atoms with Crippen LogP contribution >= 0.6 is 12.4 Å². The fourth-order valence-electron chi connectivity index (χ4n) is 2.88. The molecular formula is C15H28ClN3O3. The van der Waals surface area contributed by atoms with Crippen molar-refractivity contribution in [1.82, 2.24) is 15.5 Å². The van der Waals surface area contributed by atoms with Crippen molar-refractivity contribution in [2.45, 2.75) is 45.2 Å². The van der Waals surface area contributed by atoms with E-state index in [1.165, 1.54) is 0 Å². The van der Waals surface area contributed by atoms with Crippen molar-refractivity contribution in [3.05, 3.63) is 0 Å². The summed E-state index contributed by atoms with van der Waals surface area (Å²) in [4.78, 5) is 26.7. The highest BCUT2D eigenvalue weighted by molar-refractivity contribution is 5.90. The van der Waals surface area contributed by atoms with Gasteiger partial charge < -0.3 is 20.3 Å². The molecule has 2 atom stereocenters. The molecular weight excluding hydrogens is 306 g/mol. The standard InChI is InChI=1S/C15H27N3O3.ClH/c1-11(2)10-13(15(20)18-6-8-21-9-7-18)17-14(19)12-4-3-5-16-12;/h11-13,16H,3-10H2,1-2H3,(H,17,19);1H/t12-,13-;/m0./s1. The summed E-state index contributed by atoms with van der Waals surface area (Å²) in [6, 6.07) is -0.560. The molecule has 2 aliphatic heterocycles. The molecule has 0 aromatic rings. The van der Waals surface area contributed by atoms with Crippen LogP contribution in [0.4, 0.5) is 0 Å². The van der Waals surface area contributed by atoms with Crippen LogP contribution in [-0.4, -0.2) is 61.6 Å². The first kappa shape index (κ1) is 19.2. The molecule has 6 nitrogen and oxygen atoms in total. The van der Waals surface area contributed by atoms with Crippen LogP contribution < -0.4 is 10.6 Å². The summed E-state index contributed by atoms with van der Waals surface area (Å²) >= 11 is 0. The lowest BCUT2D eigenvalue weighted by atomic mass is 10.0. The number of nitrogens with one attached hydrogen (secondary N) is 2. The number of morpholine rings is 1. The predicted octanol–water partition coefficient (Wildman–Crippen LogP) is 0.550. The van der Waals surface area contributed by atoms with E-state index in [1.807, 2.05) is 0 Å². The maximum Gasteiger partial charge on any atom is 0.245 e. The summed E-state index contributed by atoms with van der Waals surface area (Å²) in [6.45, 7) is 7.41. The minimum atomic E-state index is -0.419. The minimum Gasteiger partial charge on any atom is -0.378 e. The van der Waals surface area contributed by atoms with E-state index in [1.54, 1.807) is 4.90 Å². The zero-order valence-electron chi connectivity index (χ0n) is 13.5. The number of carbonyl (C=O) groups excluding carboxylic acids is 2. The number of carbonyl (C=O) groups is 2. The second-order valence-corrected chi connectivity index (χ2v) is 6.28. The van der Waals surface area contributed by atoms with Crippen molar-refractivity contribution in [2.75, 3.05) is 32.8 Å². The van der Waals surface area contributed by atoms with Gasteiger partial charge in [0.25, 0.3) is 0 Å². The molecule has 2 aliphatic rings. The topological polar surface area (TPSA) is 70.7 Å². The van der Waals surface area contributed by atoms with Crippen LogP contribution in [0.25, 0.3) is 0 Å².